The number of hydrogen-bond acceptors (Lipinski definition) is 3. The Morgan fingerprint density at radius 2 is 2.12 bits per heavy atom. The average molecular weight is 221 g/mol. The molecule has 16 heavy (non-hydrogen) atoms. The monoisotopic (exact) mass is 221 g/mol. The van der Waals surface area contributed by atoms with Crippen LogP contribution in [0, 0.1) is 0 Å². The van der Waals surface area contributed by atoms with Gasteiger partial charge in [0.25, 0.3) is 5.91 Å². The van der Waals surface area contributed by atoms with Gasteiger partial charge in [0.2, 0.25) is 0 Å². The summed E-state index contributed by atoms with van der Waals surface area (Å²) < 4.78 is 5.20. The number of rotatable bonds is 2. The minimum atomic E-state index is -0.0375. The van der Waals surface area contributed by atoms with Crippen LogP contribution in [0.25, 0.3) is 0 Å². The molecule has 0 saturated carbocycles. The van der Waals surface area contributed by atoms with Crippen molar-refractivity contribution in [2.75, 3.05) is 26.3 Å². The molecule has 1 aromatic rings. The van der Waals surface area contributed by atoms with Gasteiger partial charge in [-0.15, -0.1) is 0 Å². The molecular formula is C12H15NO3. The predicted octanol–water partition coefficient (Wildman–Crippen LogP) is 0.651. The molecule has 0 aliphatic carbocycles. The fourth-order valence-corrected chi connectivity index (χ4v) is 1.75. The molecule has 1 heterocycles. The Morgan fingerprint density at radius 1 is 1.38 bits per heavy atom. The predicted molar refractivity (Wildman–Crippen MR) is 59.1 cm³/mol. The molecule has 4 heteroatoms. The molecule has 2 rings (SSSR count). The van der Waals surface area contributed by atoms with Gasteiger partial charge in [0, 0.05) is 18.7 Å². The van der Waals surface area contributed by atoms with Crippen molar-refractivity contribution >= 4 is 5.91 Å². The fraction of sp³-hybridized carbons (Fsp3) is 0.417. The molecule has 0 bridgehead atoms. The van der Waals surface area contributed by atoms with E-state index in [-0.39, 0.29) is 12.5 Å². The number of aliphatic hydroxyl groups is 1. The van der Waals surface area contributed by atoms with E-state index >= 15 is 0 Å². The summed E-state index contributed by atoms with van der Waals surface area (Å²) in [4.78, 5) is 13.8. The lowest BCUT2D eigenvalue weighted by Gasteiger charge is -2.26. The second-order valence-electron chi connectivity index (χ2n) is 3.76. The van der Waals surface area contributed by atoms with Gasteiger partial charge >= 0.3 is 0 Å². The standard InChI is InChI=1S/C12H15NO3/c14-9-10-2-1-3-11(8-10)12(15)13-4-6-16-7-5-13/h1-3,8,14H,4-7,9H2. The smallest absolute Gasteiger partial charge is 0.254 e. The minimum Gasteiger partial charge on any atom is -0.392 e. The zero-order valence-corrected chi connectivity index (χ0v) is 9.06. The van der Waals surface area contributed by atoms with Gasteiger partial charge in [-0.1, -0.05) is 12.1 Å². The molecule has 1 saturated heterocycles. The van der Waals surface area contributed by atoms with Gasteiger partial charge in [-0.3, -0.25) is 4.79 Å². The third kappa shape index (κ3) is 2.40. The molecule has 4 nitrogen and oxygen atoms in total. The highest BCUT2D eigenvalue weighted by Gasteiger charge is 2.18. The van der Waals surface area contributed by atoms with Crippen LogP contribution < -0.4 is 0 Å². The molecule has 1 aliphatic rings. The first-order valence-electron chi connectivity index (χ1n) is 5.38. The van der Waals surface area contributed by atoms with E-state index in [0.29, 0.717) is 31.9 Å². The van der Waals surface area contributed by atoms with Crippen molar-refractivity contribution in [3.8, 4) is 0 Å². The van der Waals surface area contributed by atoms with Gasteiger partial charge < -0.3 is 14.7 Å². The van der Waals surface area contributed by atoms with Crippen molar-refractivity contribution in [3.63, 3.8) is 0 Å². The molecule has 86 valence electrons. The van der Waals surface area contributed by atoms with Crippen LogP contribution in [0.15, 0.2) is 24.3 Å². The van der Waals surface area contributed by atoms with E-state index in [9.17, 15) is 4.79 Å². The molecule has 1 fully saturated rings. The summed E-state index contributed by atoms with van der Waals surface area (Å²) in [7, 11) is 0. The lowest BCUT2D eigenvalue weighted by atomic mass is 10.1. The first kappa shape index (κ1) is 11.1. The minimum absolute atomic E-state index is 0.0126. The number of carbonyl (C=O) groups excluding carboxylic acids is 1. The van der Waals surface area contributed by atoms with Gasteiger partial charge in [-0.25, -0.2) is 0 Å². The van der Waals surface area contributed by atoms with Gasteiger partial charge in [-0.05, 0) is 17.7 Å². The second-order valence-corrected chi connectivity index (χ2v) is 3.76. The number of nitrogens with zero attached hydrogens (tertiary/aromatic N) is 1. The van der Waals surface area contributed by atoms with E-state index in [0.717, 1.165) is 5.56 Å². The summed E-state index contributed by atoms with van der Waals surface area (Å²) in [5.41, 5.74) is 1.40. The third-order valence-electron chi connectivity index (χ3n) is 2.65. The summed E-state index contributed by atoms with van der Waals surface area (Å²) in [5, 5.41) is 9.01. The molecule has 0 aromatic heterocycles. The van der Waals surface area contributed by atoms with Crippen LogP contribution in [0.1, 0.15) is 15.9 Å². The van der Waals surface area contributed by atoms with Crippen LogP contribution in [0.5, 0.6) is 0 Å². The van der Waals surface area contributed by atoms with E-state index in [4.69, 9.17) is 9.84 Å². The summed E-state index contributed by atoms with van der Waals surface area (Å²) in [5.74, 6) is 0.0126. The van der Waals surface area contributed by atoms with Gasteiger partial charge in [-0.2, -0.15) is 0 Å². The largest absolute Gasteiger partial charge is 0.392 e. The maximum absolute atomic E-state index is 12.1. The van der Waals surface area contributed by atoms with Crippen LogP contribution in [-0.2, 0) is 11.3 Å². The van der Waals surface area contributed by atoms with E-state index in [1.54, 1.807) is 29.2 Å². The van der Waals surface area contributed by atoms with Crippen molar-refractivity contribution in [2.24, 2.45) is 0 Å². The molecular weight excluding hydrogens is 206 g/mol. The Bertz CT molecular complexity index is 372. The lowest BCUT2D eigenvalue weighted by molar-refractivity contribution is 0.0303. The highest BCUT2D eigenvalue weighted by atomic mass is 16.5. The second kappa shape index (κ2) is 5.09. The summed E-state index contributed by atoms with van der Waals surface area (Å²) in [6, 6.07) is 7.10. The fourth-order valence-electron chi connectivity index (χ4n) is 1.75. The molecule has 0 unspecified atom stereocenters. The van der Waals surface area contributed by atoms with Crippen molar-refractivity contribution in [2.45, 2.75) is 6.61 Å². The number of carbonyl (C=O) groups is 1. The zero-order valence-electron chi connectivity index (χ0n) is 9.06. The molecule has 1 aliphatic heterocycles. The molecule has 0 radical (unpaired) electrons. The normalized spacial score (nSPS) is 16.2. The molecule has 0 spiro atoms. The van der Waals surface area contributed by atoms with E-state index in [2.05, 4.69) is 0 Å². The zero-order chi connectivity index (χ0) is 11.4. The van der Waals surface area contributed by atoms with Crippen LogP contribution in [0.4, 0.5) is 0 Å². The molecule has 1 aromatic carbocycles. The van der Waals surface area contributed by atoms with Crippen molar-refractivity contribution in [1.82, 2.24) is 4.90 Å². The molecule has 0 atom stereocenters. The van der Waals surface area contributed by atoms with Crippen molar-refractivity contribution in [3.05, 3.63) is 35.4 Å². The average Bonchev–Trinajstić information content (AvgIpc) is 2.39. The SMILES string of the molecule is O=C(c1cccc(CO)c1)N1CCOCC1. The summed E-state index contributed by atoms with van der Waals surface area (Å²) in [6.07, 6.45) is 0. The number of morpholine rings is 1. The number of benzene rings is 1. The van der Waals surface area contributed by atoms with Crippen LogP contribution in [0.2, 0.25) is 0 Å². The van der Waals surface area contributed by atoms with E-state index in [1.807, 2.05) is 0 Å². The Kier molecular flexibility index (Phi) is 3.54. The first-order chi connectivity index (χ1) is 7.81. The number of aliphatic hydroxyl groups excluding tert-OH is 1. The van der Waals surface area contributed by atoms with Gasteiger partial charge in [0.05, 0.1) is 19.8 Å². The number of hydrogen-bond donors (Lipinski definition) is 1. The van der Waals surface area contributed by atoms with E-state index in [1.165, 1.54) is 0 Å². The molecule has 1 N–H and O–H groups in total. The lowest BCUT2D eigenvalue weighted by Crippen LogP contribution is -2.40. The van der Waals surface area contributed by atoms with Crippen molar-refractivity contribution < 1.29 is 14.6 Å². The topological polar surface area (TPSA) is 49.8 Å². The quantitative estimate of drug-likeness (QED) is 0.797. The van der Waals surface area contributed by atoms with Crippen LogP contribution in [-0.4, -0.2) is 42.2 Å². The van der Waals surface area contributed by atoms with Crippen LogP contribution >= 0.6 is 0 Å². The highest BCUT2D eigenvalue weighted by molar-refractivity contribution is 5.94. The van der Waals surface area contributed by atoms with E-state index < -0.39 is 0 Å². The maximum Gasteiger partial charge on any atom is 0.254 e. The van der Waals surface area contributed by atoms with Crippen molar-refractivity contribution in [1.29, 1.82) is 0 Å². The number of amides is 1. The summed E-state index contributed by atoms with van der Waals surface area (Å²) in [6.45, 7) is 2.45. The van der Waals surface area contributed by atoms with Gasteiger partial charge in [0.1, 0.15) is 0 Å². The Morgan fingerprint density at radius 3 is 2.81 bits per heavy atom. The highest BCUT2D eigenvalue weighted by Crippen LogP contribution is 2.10. The first-order valence-corrected chi connectivity index (χ1v) is 5.38. The van der Waals surface area contributed by atoms with Gasteiger partial charge in [0.15, 0.2) is 0 Å². The Hall–Kier alpha value is -1.39. The molecule has 1 amide bonds. The van der Waals surface area contributed by atoms with Crippen LogP contribution in [0.3, 0.4) is 0 Å². The Balaban J connectivity index is 2.12. The Labute approximate surface area is 94.4 Å². The third-order valence-corrected chi connectivity index (χ3v) is 2.65. The summed E-state index contributed by atoms with van der Waals surface area (Å²) >= 11 is 0. The number of ether oxygens (including phenoxy) is 1. The maximum atomic E-state index is 12.1.